The molecule has 2 fully saturated rings. The van der Waals surface area contributed by atoms with Gasteiger partial charge in [-0.2, -0.15) is 4.31 Å². The molecule has 2 aromatic rings. The fraction of sp³-hybridized carbons (Fsp3) is 0.458. The van der Waals surface area contributed by atoms with Gasteiger partial charge in [0.15, 0.2) is 0 Å². The van der Waals surface area contributed by atoms with Gasteiger partial charge in [-0.05, 0) is 54.4 Å². The number of hydrogen-bond donors (Lipinski definition) is 1. The number of nitrogens with zero attached hydrogens (tertiary/aromatic N) is 1. The monoisotopic (exact) mass is 427 g/mol. The summed E-state index contributed by atoms with van der Waals surface area (Å²) < 4.78 is 28.1. The van der Waals surface area contributed by atoms with Crippen LogP contribution in [-0.2, 0) is 20.4 Å². The summed E-state index contributed by atoms with van der Waals surface area (Å²) >= 11 is 0. The van der Waals surface area contributed by atoms with Crippen LogP contribution in [0.3, 0.4) is 0 Å². The molecule has 160 valence electrons. The largest absolute Gasteiger partial charge is 0.481 e. The first-order valence-corrected chi connectivity index (χ1v) is 12.1. The zero-order valence-electron chi connectivity index (χ0n) is 17.5. The molecule has 0 spiro atoms. The molecule has 0 radical (unpaired) electrons. The Morgan fingerprint density at radius 2 is 1.60 bits per heavy atom. The lowest BCUT2D eigenvalue weighted by Crippen LogP contribution is -2.39. The predicted octanol–water partition coefficient (Wildman–Crippen LogP) is 4.60. The summed E-state index contributed by atoms with van der Waals surface area (Å²) in [4.78, 5) is 12.0. The highest BCUT2D eigenvalue weighted by Crippen LogP contribution is 2.57. The van der Waals surface area contributed by atoms with Crippen molar-refractivity contribution in [2.24, 2.45) is 11.8 Å². The summed E-state index contributed by atoms with van der Waals surface area (Å²) in [6.07, 6.45) is 4.99. The molecule has 2 aliphatic carbocycles. The second-order valence-electron chi connectivity index (χ2n) is 8.88. The van der Waals surface area contributed by atoms with Crippen molar-refractivity contribution < 1.29 is 18.3 Å². The highest BCUT2D eigenvalue weighted by atomic mass is 32.2. The first-order valence-electron chi connectivity index (χ1n) is 10.6. The van der Waals surface area contributed by atoms with E-state index < -0.39 is 27.4 Å². The predicted molar refractivity (Wildman–Crippen MR) is 116 cm³/mol. The number of aliphatic carboxylic acids is 1. The Balaban J connectivity index is 1.62. The van der Waals surface area contributed by atoms with Crippen LogP contribution in [0.4, 0.5) is 0 Å². The lowest BCUT2D eigenvalue weighted by atomic mass is 9.79. The van der Waals surface area contributed by atoms with Crippen molar-refractivity contribution >= 4 is 16.0 Å². The second-order valence-corrected chi connectivity index (χ2v) is 10.9. The molecule has 2 aromatic carbocycles. The van der Waals surface area contributed by atoms with E-state index in [1.807, 2.05) is 42.5 Å². The number of carboxylic acids is 1. The zero-order chi connectivity index (χ0) is 21.5. The Hall–Kier alpha value is -2.18. The van der Waals surface area contributed by atoms with Crippen molar-refractivity contribution in [3.63, 3.8) is 0 Å². The number of carbonyl (C=O) groups is 1. The summed E-state index contributed by atoms with van der Waals surface area (Å²) in [7, 11) is -2.33. The molecule has 2 saturated carbocycles. The third-order valence-corrected chi connectivity index (χ3v) is 9.01. The minimum atomic E-state index is -3.84. The van der Waals surface area contributed by atoms with Gasteiger partial charge in [0.25, 0.3) is 0 Å². The topological polar surface area (TPSA) is 74.7 Å². The molecule has 30 heavy (non-hydrogen) atoms. The summed E-state index contributed by atoms with van der Waals surface area (Å²) in [6.45, 7) is 2.28. The van der Waals surface area contributed by atoms with Crippen LogP contribution in [0.25, 0.3) is 0 Å². The van der Waals surface area contributed by atoms with E-state index in [0.717, 1.165) is 24.3 Å². The highest BCUT2D eigenvalue weighted by molar-refractivity contribution is 7.89. The molecule has 1 N–H and O–H groups in total. The average Bonchev–Trinajstić information content (AvgIpc) is 3.52. The molecule has 2 aliphatic rings. The lowest BCUT2D eigenvalue weighted by molar-refractivity contribution is -0.139. The van der Waals surface area contributed by atoms with Gasteiger partial charge >= 0.3 is 5.97 Å². The highest BCUT2D eigenvalue weighted by Gasteiger charge is 2.65. The lowest BCUT2D eigenvalue weighted by Gasteiger charge is -2.29. The van der Waals surface area contributed by atoms with Crippen LogP contribution in [0.15, 0.2) is 59.5 Å². The molecule has 0 amide bonds. The van der Waals surface area contributed by atoms with Crippen LogP contribution in [0.1, 0.15) is 56.1 Å². The van der Waals surface area contributed by atoms with Gasteiger partial charge in [-0.25, -0.2) is 8.42 Å². The van der Waals surface area contributed by atoms with Crippen LogP contribution < -0.4 is 0 Å². The summed E-state index contributed by atoms with van der Waals surface area (Å²) in [5.74, 6) is -0.457. The minimum absolute atomic E-state index is 0.212. The van der Waals surface area contributed by atoms with Crippen molar-refractivity contribution in [2.45, 2.75) is 55.4 Å². The van der Waals surface area contributed by atoms with Gasteiger partial charge in [-0.1, -0.05) is 62.2 Å². The standard InChI is InChI=1S/C24H29NO4S/c1-17-8-10-18(11-9-17)19-12-14-21(15-13-19)30(28,29)25(2)24(16-22(24)23(26)27)20-6-4-3-5-7-20/h3-7,12-15,17-18,22H,8-11,16H2,1-2H3,(H,26,27)/t17?,18?,22-,24+/m1/s1. The van der Waals surface area contributed by atoms with Gasteiger partial charge in [0, 0.05) is 7.05 Å². The number of rotatable bonds is 6. The SMILES string of the molecule is CC1CCC(c2ccc(S(=O)(=O)N(C)[C@]3(c4ccccc4)C[C@@H]3C(=O)O)cc2)CC1. The fourth-order valence-electron chi connectivity index (χ4n) is 5.00. The quantitative estimate of drug-likeness (QED) is 0.731. The van der Waals surface area contributed by atoms with Crippen LogP contribution >= 0.6 is 0 Å². The molecule has 5 nitrogen and oxygen atoms in total. The Morgan fingerprint density at radius 3 is 2.13 bits per heavy atom. The van der Waals surface area contributed by atoms with Gasteiger partial charge in [-0.3, -0.25) is 4.79 Å². The van der Waals surface area contributed by atoms with E-state index in [1.165, 1.54) is 29.8 Å². The van der Waals surface area contributed by atoms with E-state index in [9.17, 15) is 18.3 Å². The molecule has 0 aromatic heterocycles. The first-order chi connectivity index (χ1) is 14.3. The van der Waals surface area contributed by atoms with E-state index in [4.69, 9.17) is 0 Å². The number of carboxylic acid groups (broad SMARTS) is 1. The Bertz CT molecular complexity index is 1010. The van der Waals surface area contributed by atoms with Gasteiger partial charge in [0.05, 0.1) is 16.4 Å². The van der Waals surface area contributed by atoms with Crippen molar-refractivity contribution in [3.05, 3.63) is 65.7 Å². The maximum atomic E-state index is 13.4. The van der Waals surface area contributed by atoms with Crippen molar-refractivity contribution in [2.75, 3.05) is 7.05 Å². The molecule has 0 aliphatic heterocycles. The third kappa shape index (κ3) is 3.56. The molecule has 0 bridgehead atoms. The maximum Gasteiger partial charge on any atom is 0.308 e. The number of hydrogen-bond acceptors (Lipinski definition) is 3. The zero-order valence-corrected chi connectivity index (χ0v) is 18.3. The molecular weight excluding hydrogens is 398 g/mol. The van der Waals surface area contributed by atoms with Crippen molar-refractivity contribution in [1.29, 1.82) is 0 Å². The number of sulfonamides is 1. The smallest absolute Gasteiger partial charge is 0.308 e. The van der Waals surface area contributed by atoms with Gasteiger partial charge < -0.3 is 5.11 Å². The normalized spacial score (nSPS) is 29.0. The van der Waals surface area contributed by atoms with Gasteiger partial charge in [0.2, 0.25) is 10.0 Å². The summed E-state index contributed by atoms with van der Waals surface area (Å²) in [5, 5.41) is 9.61. The van der Waals surface area contributed by atoms with E-state index in [1.54, 1.807) is 12.1 Å². The second kappa shape index (κ2) is 7.82. The van der Waals surface area contributed by atoms with Crippen LogP contribution in [0.5, 0.6) is 0 Å². The molecule has 0 unspecified atom stereocenters. The molecule has 2 atom stereocenters. The Morgan fingerprint density at radius 1 is 1.00 bits per heavy atom. The van der Waals surface area contributed by atoms with Crippen molar-refractivity contribution in [3.8, 4) is 0 Å². The minimum Gasteiger partial charge on any atom is -0.481 e. The van der Waals surface area contributed by atoms with Crippen LogP contribution in [0.2, 0.25) is 0 Å². The summed E-state index contributed by atoms with van der Waals surface area (Å²) in [6, 6.07) is 16.3. The van der Waals surface area contributed by atoms with E-state index in [-0.39, 0.29) is 11.3 Å². The summed E-state index contributed by atoms with van der Waals surface area (Å²) in [5.41, 5.74) is 0.872. The van der Waals surface area contributed by atoms with Gasteiger partial charge in [0.1, 0.15) is 0 Å². The Labute approximate surface area is 178 Å². The Kier molecular flexibility index (Phi) is 5.49. The molecule has 0 heterocycles. The van der Waals surface area contributed by atoms with Gasteiger partial charge in [-0.15, -0.1) is 0 Å². The van der Waals surface area contributed by atoms with E-state index >= 15 is 0 Å². The number of benzene rings is 2. The van der Waals surface area contributed by atoms with E-state index in [0.29, 0.717) is 5.92 Å². The molecule has 0 saturated heterocycles. The molecule has 6 heteroatoms. The van der Waals surface area contributed by atoms with E-state index in [2.05, 4.69) is 6.92 Å². The van der Waals surface area contributed by atoms with Crippen LogP contribution in [0, 0.1) is 11.8 Å². The molecule has 4 rings (SSSR count). The molecular formula is C24H29NO4S. The first kappa shape index (κ1) is 21.1. The van der Waals surface area contributed by atoms with Crippen LogP contribution in [-0.4, -0.2) is 30.8 Å². The fourth-order valence-corrected chi connectivity index (χ4v) is 6.53. The third-order valence-electron chi connectivity index (χ3n) is 7.09. The maximum absolute atomic E-state index is 13.4. The van der Waals surface area contributed by atoms with Crippen molar-refractivity contribution in [1.82, 2.24) is 4.31 Å². The average molecular weight is 428 g/mol.